The van der Waals surface area contributed by atoms with Gasteiger partial charge in [0.25, 0.3) is 0 Å². The number of hydrogen-bond donors (Lipinski definition) is 0. The summed E-state index contributed by atoms with van der Waals surface area (Å²) >= 11 is 0. The standard InChI is InChI=1S/C18H25N5O3/c1-21-9-14(10-21)23-8-12(5-17(23)24)18(25)22-4-3-15-13(7-22)6-19-16(20-15)11-26-2/h6,12,14H,3-5,7-11H2,1-2H3. The Labute approximate surface area is 153 Å². The fourth-order valence-electron chi connectivity index (χ4n) is 4.12. The summed E-state index contributed by atoms with van der Waals surface area (Å²) < 4.78 is 5.08. The molecule has 1 aromatic heterocycles. The number of likely N-dealkylation sites (N-methyl/N-ethyl adjacent to an activating group) is 1. The Balaban J connectivity index is 1.39. The van der Waals surface area contributed by atoms with Crippen LogP contribution in [0, 0.1) is 5.92 Å². The second-order valence-electron chi connectivity index (χ2n) is 7.52. The lowest BCUT2D eigenvalue weighted by molar-refractivity contribution is -0.136. The number of aromatic nitrogens is 2. The van der Waals surface area contributed by atoms with Gasteiger partial charge in [-0.3, -0.25) is 9.59 Å². The molecule has 4 rings (SSSR count). The summed E-state index contributed by atoms with van der Waals surface area (Å²) in [5, 5.41) is 0. The van der Waals surface area contributed by atoms with Crippen LogP contribution in [0.4, 0.5) is 0 Å². The molecule has 1 unspecified atom stereocenters. The number of ether oxygens (including phenoxy) is 1. The Kier molecular flexibility index (Phi) is 4.62. The Morgan fingerprint density at radius 2 is 2.15 bits per heavy atom. The third-order valence-corrected chi connectivity index (χ3v) is 5.56. The SMILES string of the molecule is COCc1ncc2c(n1)CCN(C(=O)C1CC(=O)N(C3CN(C)C3)C1)C2. The monoisotopic (exact) mass is 359 g/mol. The number of amides is 2. The maximum Gasteiger partial charge on any atom is 0.228 e. The smallest absolute Gasteiger partial charge is 0.228 e. The molecule has 26 heavy (non-hydrogen) atoms. The molecule has 4 heterocycles. The minimum atomic E-state index is -0.219. The maximum atomic E-state index is 12.9. The summed E-state index contributed by atoms with van der Waals surface area (Å²) in [5.41, 5.74) is 1.99. The first-order valence-electron chi connectivity index (χ1n) is 9.14. The van der Waals surface area contributed by atoms with Gasteiger partial charge >= 0.3 is 0 Å². The maximum absolute atomic E-state index is 12.9. The van der Waals surface area contributed by atoms with Gasteiger partial charge in [0.2, 0.25) is 11.8 Å². The van der Waals surface area contributed by atoms with Gasteiger partial charge in [-0.15, -0.1) is 0 Å². The van der Waals surface area contributed by atoms with E-state index in [0.717, 1.165) is 30.8 Å². The summed E-state index contributed by atoms with van der Waals surface area (Å²) in [7, 11) is 3.67. The van der Waals surface area contributed by atoms with Crippen LogP contribution in [0.1, 0.15) is 23.5 Å². The van der Waals surface area contributed by atoms with E-state index in [1.165, 1.54) is 0 Å². The minimum absolute atomic E-state index is 0.0835. The van der Waals surface area contributed by atoms with E-state index in [0.29, 0.717) is 38.5 Å². The molecule has 1 aromatic rings. The van der Waals surface area contributed by atoms with Crippen LogP contribution in [0.15, 0.2) is 6.20 Å². The first-order chi connectivity index (χ1) is 12.5. The first kappa shape index (κ1) is 17.4. The van der Waals surface area contributed by atoms with Crippen LogP contribution in [0.2, 0.25) is 0 Å². The van der Waals surface area contributed by atoms with Gasteiger partial charge in [-0.05, 0) is 7.05 Å². The number of nitrogens with zero attached hydrogens (tertiary/aromatic N) is 5. The van der Waals surface area contributed by atoms with Crippen LogP contribution in [0.25, 0.3) is 0 Å². The molecule has 0 bridgehead atoms. The normalized spacial score (nSPS) is 23.9. The summed E-state index contributed by atoms with van der Waals surface area (Å²) in [6.07, 6.45) is 2.86. The van der Waals surface area contributed by atoms with Crippen molar-refractivity contribution in [2.45, 2.75) is 32.0 Å². The summed E-state index contributed by atoms with van der Waals surface area (Å²) in [5.74, 6) is 0.656. The molecular weight excluding hydrogens is 334 g/mol. The molecule has 8 nitrogen and oxygen atoms in total. The Bertz CT molecular complexity index is 719. The number of carbonyl (C=O) groups excluding carboxylic acids is 2. The van der Waals surface area contributed by atoms with E-state index in [1.54, 1.807) is 13.3 Å². The van der Waals surface area contributed by atoms with Crippen LogP contribution in [-0.4, -0.2) is 82.9 Å². The van der Waals surface area contributed by atoms with Crippen molar-refractivity contribution in [2.75, 3.05) is 40.3 Å². The lowest BCUT2D eigenvalue weighted by Crippen LogP contribution is -2.58. The predicted octanol–water partition coefficient (Wildman–Crippen LogP) is -0.330. The van der Waals surface area contributed by atoms with Gasteiger partial charge in [-0.1, -0.05) is 0 Å². The average Bonchev–Trinajstić information content (AvgIpc) is 2.99. The second-order valence-corrected chi connectivity index (χ2v) is 7.52. The van der Waals surface area contributed by atoms with Gasteiger partial charge in [-0.2, -0.15) is 0 Å². The van der Waals surface area contributed by atoms with E-state index >= 15 is 0 Å². The van der Waals surface area contributed by atoms with Crippen molar-refractivity contribution in [2.24, 2.45) is 5.92 Å². The van der Waals surface area contributed by atoms with Crippen LogP contribution >= 0.6 is 0 Å². The highest BCUT2D eigenvalue weighted by Gasteiger charge is 2.42. The van der Waals surface area contributed by atoms with Crippen LogP contribution in [0.5, 0.6) is 0 Å². The van der Waals surface area contributed by atoms with Crippen molar-refractivity contribution in [3.8, 4) is 0 Å². The molecule has 0 aromatic carbocycles. The summed E-state index contributed by atoms with van der Waals surface area (Å²) in [4.78, 5) is 40.0. The number of carbonyl (C=O) groups is 2. The van der Waals surface area contributed by atoms with E-state index < -0.39 is 0 Å². The molecule has 0 saturated carbocycles. The molecule has 3 aliphatic rings. The number of rotatable bonds is 4. The zero-order valence-electron chi connectivity index (χ0n) is 15.3. The summed E-state index contributed by atoms with van der Waals surface area (Å²) in [6.45, 7) is 3.94. The van der Waals surface area contributed by atoms with Gasteiger partial charge in [0.05, 0.1) is 17.7 Å². The van der Waals surface area contributed by atoms with Crippen LogP contribution < -0.4 is 0 Å². The molecule has 2 saturated heterocycles. The molecule has 0 N–H and O–H groups in total. The van der Waals surface area contributed by atoms with Crippen molar-refractivity contribution in [3.05, 3.63) is 23.3 Å². The lowest BCUT2D eigenvalue weighted by Gasteiger charge is -2.42. The molecule has 0 aliphatic carbocycles. The topological polar surface area (TPSA) is 78.9 Å². The van der Waals surface area contributed by atoms with Gasteiger partial charge in [0.1, 0.15) is 6.61 Å². The van der Waals surface area contributed by atoms with Crippen molar-refractivity contribution >= 4 is 11.8 Å². The number of hydrogen-bond acceptors (Lipinski definition) is 6. The van der Waals surface area contributed by atoms with Gasteiger partial charge in [0.15, 0.2) is 5.82 Å². The molecule has 0 radical (unpaired) electrons. The molecule has 2 amide bonds. The fourth-order valence-corrected chi connectivity index (χ4v) is 4.12. The van der Waals surface area contributed by atoms with Gasteiger partial charge in [-0.25, -0.2) is 9.97 Å². The predicted molar refractivity (Wildman–Crippen MR) is 93.0 cm³/mol. The quantitative estimate of drug-likeness (QED) is 0.733. The lowest BCUT2D eigenvalue weighted by atomic mass is 10.0. The Hall–Kier alpha value is -2.06. The molecule has 1 atom stereocenters. The molecule has 140 valence electrons. The van der Waals surface area contributed by atoms with Crippen LogP contribution in [0.3, 0.4) is 0 Å². The molecular formula is C18H25N5O3. The number of methoxy groups -OCH3 is 1. The average molecular weight is 359 g/mol. The molecule has 2 fully saturated rings. The van der Waals surface area contributed by atoms with E-state index in [-0.39, 0.29) is 23.8 Å². The Morgan fingerprint density at radius 3 is 2.88 bits per heavy atom. The minimum Gasteiger partial charge on any atom is -0.377 e. The first-order valence-corrected chi connectivity index (χ1v) is 9.14. The highest BCUT2D eigenvalue weighted by Crippen LogP contribution is 2.27. The van der Waals surface area contributed by atoms with E-state index in [2.05, 4.69) is 14.9 Å². The van der Waals surface area contributed by atoms with E-state index in [9.17, 15) is 9.59 Å². The second kappa shape index (κ2) is 6.92. The zero-order valence-corrected chi connectivity index (χ0v) is 15.3. The highest BCUT2D eigenvalue weighted by molar-refractivity contribution is 5.89. The van der Waals surface area contributed by atoms with E-state index in [4.69, 9.17) is 4.74 Å². The molecule has 8 heteroatoms. The van der Waals surface area contributed by atoms with Gasteiger partial charge in [0, 0.05) is 64.4 Å². The van der Waals surface area contributed by atoms with Crippen molar-refractivity contribution in [1.29, 1.82) is 0 Å². The highest BCUT2D eigenvalue weighted by atomic mass is 16.5. The van der Waals surface area contributed by atoms with Gasteiger partial charge < -0.3 is 19.4 Å². The molecule has 3 aliphatic heterocycles. The number of likely N-dealkylation sites (tertiary alicyclic amines) is 2. The third kappa shape index (κ3) is 3.19. The Morgan fingerprint density at radius 1 is 1.35 bits per heavy atom. The van der Waals surface area contributed by atoms with Crippen LogP contribution in [-0.2, 0) is 33.9 Å². The largest absolute Gasteiger partial charge is 0.377 e. The van der Waals surface area contributed by atoms with Crippen molar-refractivity contribution in [1.82, 2.24) is 24.7 Å². The van der Waals surface area contributed by atoms with Crippen molar-refractivity contribution in [3.63, 3.8) is 0 Å². The zero-order chi connectivity index (χ0) is 18.3. The van der Waals surface area contributed by atoms with Crippen molar-refractivity contribution < 1.29 is 14.3 Å². The molecule has 0 spiro atoms. The number of fused-ring (bicyclic) bond motifs is 1. The van der Waals surface area contributed by atoms with E-state index in [1.807, 2.05) is 16.8 Å². The third-order valence-electron chi connectivity index (χ3n) is 5.56. The fraction of sp³-hybridized carbons (Fsp3) is 0.667. The summed E-state index contributed by atoms with van der Waals surface area (Å²) in [6, 6.07) is 0.278.